The Morgan fingerprint density at radius 2 is 0.569 bits per heavy atom. The second kappa shape index (κ2) is 54.2. The van der Waals surface area contributed by atoms with Crippen molar-refractivity contribution in [2.75, 3.05) is 13.2 Å². The lowest BCUT2D eigenvalue weighted by Gasteiger charge is -2.18. The molecule has 0 heterocycles. The molecule has 0 rings (SSSR count). The molecule has 0 fully saturated rings. The quantitative estimate of drug-likeness (QED) is 0.0262. The smallest absolute Gasteiger partial charge is 0.306 e. The SMILES string of the molecule is CCCCCCCC/C=C\C/C=C\C/C=C\CCCC(=O)OCC(COC(=O)CCCCCCCCCCCCCCCCC)OC(=O)CCCCCCCCCCCCCCCCC. The van der Waals surface area contributed by atoms with Crippen LogP contribution < -0.4 is 0 Å². The second-order valence-corrected chi connectivity index (χ2v) is 19.2. The van der Waals surface area contributed by atoms with Crippen molar-refractivity contribution in [3.8, 4) is 0 Å². The van der Waals surface area contributed by atoms with E-state index in [-0.39, 0.29) is 31.1 Å². The van der Waals surface area contributed by atoms with E-state index >= 15 is 0 Å². The molecular formula is C59H108O6. The Morgan fingerprint density at radius 3 is 0.923 bits per heavy atom. The molecule has 0 saturated heterocycles. The third kappa shape index (κ3) is 52.5. The summed E-state index contributed by atoms with van der Waals surface area (Å²) in [6.07, 6.45) is 64.2. The number of carbonyl (C=O) groups is 3. The summed E-state index contributed by atoms with van der Waals surface area (Å²) in [5, 5.41) is 0. The highest BCUT2D eigenvalue weighted by atomic mass is 16.6. The zero-order chi connectivity index (χ0) is 47.2. The number of unbranched alkanes of at least 4 members (excludes halogenated alkanes) is 35. The van der Waals surface area contributed by atoms with E-state index in [0.29, 0.717) is 25.7 Å². The number of esters is 3. The first kappa shape index (κ1) is 62.6. The Balaban J connectivity index is 4.41. The minimum atomic E-state index is -0.787. The highest BCUT2D eigenvalue weighted by Crippen LogP contribution is 2.16. The molecule has 0 saturated carbocycles. The summed E-state index contributed by atoms with van der Waals surface area (Å²) in [5.74, 6) is -0.919. The van der Waals surface area contributed by atoms with Crippen LogP contribution in [0, 0.1) is 0 Å². The molecule has 0 aliphatic rings. The maximum absolute atomic E-state index is 12.8. The van der Waals surface area contributed by atoms with Crippen molar-refractivity contribution >= 4 is 17.9 Å². The predicted molar refractivity (Wildman–Crippen MR) is 279 cm³/mol. The Morgan fingerprint density at radius 1 is 0.308 bits per heavy atom. The average molecular weight is 914 g/mol. The van der Waals surface area contributed by atoms with Crippen LogP contribution >= 0.6 is 0 Å². The van der Waals surface area contributed by atoms with Crippen LogP contribution in [-0.2, 0) is 28.6 Å². The third-order valence-corrected chi connectivity index (χ3v) is 12.6. The summed E-state index contributed by atoms with van der Waals surface area (Å²) in [4.78, 5) is 38.1. The predicted octanol–water partition coefficient (Wildman–Crippen LogP) is 18.9. The number of hydrogen-bond acceptors (Lipinski definition) is 6. The summed E-state index contributed by atoms with van der Waals surface area (Å²) in [7, 11) is 0. The highest BCUT2D eigenvalue weighted by molar-refractivity contribution is 5.71. The van der Waals surface area contributed by atoms with Crippen LogP contribution in [0.5, 0.6) is 0 Å². The van der Waals surface area contributed by atoms with E-state index in [2.05, 4.69) is 57.2 Å². The van der Waals surface area contributed by atoms with E-state index in [1.165, 1.54) is 199 Å². The van der Waals surface area contributed by atoms with E-state index in [1.807, 2.05) is 0 Å². The van der Waals surface area contributed by atoms with Crippen LogP contribution in [0.2, 0.25) is 0 Å². The van der Waals surface area contributed by atoms with Crippen molar-refractivity contribution in [1.82, 2.24) is 0 Å². The van der Waals surface area contributed by atoms with E-state index in [0.717, 1.165) is 57.8 Å². The number of rotatable bonds is 52. The molecule has 0 spiro atoms. The standard InChI is InChI=1S/C59H108O6/c1-4-7-10-13-16-19-22-25-28-29-32-34-37-40-43-46-49-52-58(61)64-55-56(65-59(62)53-50-47-44-41-38-35-31-27-24-21-18-15-12-9-6-3)54-63-57(60)51-48-45-42-39-36-33-30-26-23-20-17-14-11-8-5-2/h25,28,32,34,40,43,56H,4-24,26-27,29-31,33,35-39,41-42,44-55H2,1-3H3/b28-25-,34-32-,43-40-. The van der Waals surface area contributed by atoms with Gasteiger partial charge >= 0.3 is 17.9 Å². The van der Waals surface area contributed by atoms with Gasteiger partial charge in [-0.25, -0.2) is 0 Å². The minimum Gasteiger partial charge on any atom is -0.462 e. The number of allylic oxidation sites excluding steroid dienone is 6. The molecule has 380 valence electrons. The first-order valence-corrected chi connectivity index (χ1v) is 28.5. The van der Waals surface area contributed by atoms with Crippen LogP contribution in [0.15, 0.2) is 36.5 Å². The van der Waals surface area contributed by atoms with E-state index in [1.54, 1.807) is 0 Å². The molecule has 6 nitrogen and oxygen atoms in total. The maximum atomic E-state index is 12.8. The first-order valence-electron chi connectivity index (χ1n) is 28.5. The van der Waals surface area contributed by atoms with Gasteiger partial charge in [0.15, 0.2) is 6.10 Å². The summed E-state index contributed by atoms with van der Waals surface area (Å²) < 4.78 is 16.8. The maximum Gasteiger partial charge on any atom is 0.306 e. The molecule has 0 N–H and O–H groups in total. The van der Waals surface area contributed by atoms with E-state index < -0.39 is 6.10 Å². The fourth-order valence-electron chi connectivity index (χ4n) is 8.34. The lowest BCUT2D eigenvalue weighted by atomic mass is 10.0. The first-order chi connectivity index (χ1) is 32.0. The van der Waals surface area contributed by atoms with Gasteiger partial charge in [0.1, 0.15) is 13.2 Å². The molecule has 6 heteroatoms. The van der Waals surface area contributed by atoms with Crippen LogP contribution in [0.1, 0.15) is 303 Å². The third-order valence-electron chi connectivity index (χ3n) is 12.6. The molecule has 1 unspecified atom stereocenters. The largest absolute Gasteiger partial charge is 0.462 e. The molecule has 1 atom stereocenters. The van der Waals surface area contributed by atoms with Crippen molar-refractivity contribution in [3.63, 3.8) is 0 Å². The molecule has 65 heavy (non-hydrogen) atoms. The van der Waals surface area contributed by atoms with Gasteiger partial charge in [-0.3, -0.25) is 14.4 Å². The molecule has 0 aromatic heterocycles. The van der Waals surface area contributed by atoms with Gasteiger partial charge in [-0.1, -0.05) is 269 Å². The number of carbonyl (C=O) groups excluding carboxylic acids is 3. The van der Waals surface area contributed by atoms with Gasteiger partial charge < -0.3 is 14.2 Å². The van der Waals surface area contributed by atoms with Gasteiger partial charge in [0.05, 0.1) is 0 Å². The molecule has 0 radical (unpaired) electrons. The van der Waals surface area contributed by atoms with Crippen molar-refractivity contribution in [1.29, 1.82) is 0 Å². The lowest BCUT2D eigenvalue weighted by molar-refractivity contribution is -0.167. The summed E-state index contributed by atoms with van der Waals surface area (Å²) in [6.45, 7) is 6.63. The van der Waals surface area contributed by atoms with Crippen LogP contribution in [0.3, 0.4) is 0 Å². The molecule has 0 aliphatic heterocycles. The van der Waals surface area contributed by atoms with Crippen molar-refractivity contribution < 1.29 is 28.6 Å². The molecular weight excluding hydrogens is 805 g/mol. The topological polar surface area (TPSA) is 78.9 Å². The summed E-state index contributed by atoms with van der Waals surface area (Å²) in [5.41, 5.74) is 0. The van der Waals surface area contributed by atoms with E-state index in [9.17, 15) is 14.4 Å². The van der Waals surface area contributed by atoms with Gasteiger partial charge in [-0.15, -0.1) is 0 Å². The molecule has 0 aromatic carbocycles. The summed E-state index contributed by atoms with van der Waals surface area (Å²) >= 11 is 0. The van der Waals surface area contributed by atoms with Gasteiger partial charge in [0.2, 0.25) is 0 Å². The molecule has 0 aromatic rings. The normalized spacial score (nSPS) is 12.2. The highest BCUT2D eigenvalue weighted by Gasteiger charge is 2.19. The Kier molecular flexibility index (Phi) is 52.3. The number of hydrogen-bond donors (Lipinski definition) is 0. The van der Waals surface area contributed by atoms with Crippen LogP contribution in [0.25, 0.3) is 0 Å². The van der Waals surface area contributed by atoms with Crippen LogP contribution in [0.4, 0.5) is 0 Å². The summed E-state index contributed by atoms with van der Waals surface area (Å²) in [6, 6.07) is 0. The zero-order valence-electron chi connectivity index (χ0n) is 43.5. The minimum absolute atomic E-state index is 0.0827. The van der Waals surface area contributed by atoms with Crippen molar-refractivity contribution in [2.24, 2.45) is 0 Å². The van der Waals surface area contributed by atoms with Crippen molar-refractivity contribution in [3.05, 3.63) is 36.5 Å². The average Bonchev–Trinajstić information content (AvgIpc) is 3.30. The molecule has 0 aliphatic carbocycles. The monoisotopic (exact) mass is 913 g/mol. The van der Waals surface area contributed by atoms with Crippen LogP contribution in [-0.4, -0.2) is 37.2 Å². The Bertz CT molecular complexity index is 1090. The fourth-order valence-corrected chi connectivity index (χ4v) is 8.34. The Labute approximate surface area is 404 Å². The van der Waals surface area contributed by atoms with Gasteiger partial charge in [0.25, 0.3) is 0 Å². The van der Waals surface area contributed by atoms with Crippen molar-refractivity contribution in [2.45, 2.75) is 309 Å². The zero-order valence-corrected chi connectivity index (χ0v) is 43.5. The Hall–Kier alpha value is -2.37. The van der Waals surface area contributed by atoms with Gasteiger partial charge in [-0.05, 0) is 51.4 Å². The fraction of sp³-hybridized carbons (Fsp3) is 0.847. The molecule has 0 amide bonds. The van der Waals surface area contributed by atoms with Gasteiger partial charge in [0, 0.05) is 19.3 Å². The van der Waals surface area contributed by atoms with E-state index in [4.69, 9.17) is 14.2 Å². The second-order valence-electron chi connectivity index (χ2n) is 19.2. The lowest BCUT2D eigenvalue weighted by Crippen LogP contribution is -2.30. The molecule has 0 bridgehead atoms. The number of ether oxygens (including phenoxy) is 3. The van der Waals surface area contributed by atoms with Gasteiger partial charge in [-0.2, -0.15) is 0 Å².